The van der Waals surface area contributed by atoms with Crippen molar-refractivity contribution < 1.29 is 17.4 Å². The van der Waals surface area contributed by atoms with E-state index in [4.69, 9.17) is 4.18 Å². The van der Waals surface area contributed by atoms with E-state index in [0.29, 0.717) is 5.92 Å². The summed E-state index contributed by atoms with van der Waals surface area (Å²) in [4.78, 5) is 13.5. The number of hydrogen-bond donors (Lipinski definition) is 1. The molecule has 1 aromatic carbocycles. The minimum Gasteiger partial charge on any atom is -0.326 e. The van der Waals surface area contributed by atoms with Gasteiger partial charge in [-0.05, 0) is 56.0 Å². The lowest BCUT2D eigenvalue weighted by Gasteiger charge is -2.32. The molecule has 1 aliphatic rings. The summed E-state index contributed by atoms with van der Waals surface area (Å²) in [5.74, 6) is 0.445. The SMILES string of the molecule is CC(=O)Nc1cccc(C2CCN(CCCOS(C)(=O)=O)CC2)c1. The van der Waals surface area contributed by atoms with E-state index < -0.39 is 10.1 Å². The van der Waals surface area contributed by atoms with Gasteiger partial charge < -0.3 is 10.2 Å². The van der Waals surface area contributed by atoms with Gasteiger partial charge in [-0.2, -0.15) is 8.42 Å². The molecule has 0 aromatic heterocycles. The summed E-state index contributed by atoms with van der Waals surface area (Å²) in [5, 5.41) is 2.83. The number of amides is 1. The summed E-state index contributed by atoms with van der Waals surface area (Å²) in [7, 11) is -3.33. The lowest BCUT2D eigenvalue weighted by molar-refractivity contribution is -0.114. The Morgan fingerprint density at radius 2 is 2.04 bits per heavy atom. The molecule has 1 saturated heterocycles. The van der Waals surface area contributed by atoms with E-state index in [1.807, 2.05) is 12.1 Å². The van der Waals surface area contributed by atoms with Crippen LogP contribution >= 0.6 is 0 Å². The number of nitrogens with zero attached hydrogens (tertiary/aromatic N) is 1. The number of anilines is 1. The van der Waals surface area contributed by atoms with E-state index in [9.17, 15) is 13.2 Å². The lowest BCUT2D eigenvalue weighted by Crippen LogP contribution is -2.34. The van der Waals surface area contributed by atoms with Crippen LogP contribution in [0.2, 0.25) is 0 Å². The second-order valence-electron chi connectivity index (χ2n) is 6.30. The van der Waals surface area contributed by atoms with Gasteiger partial charge in [-0.15, -0.1) is 0 Å². The van der Waals surface area contributed by atoms with Crippen molar-refractivity contribution in [2.45, 2.75) is 32.1 Å². The van der Waals surface area contributed by atoms with Crippen molar-refractivity contribution in [1.29, 1.82) is 0 Å². The van der Waals surface area contributed by atoms with Gasteiger partial charge in [0.1, 0.15) is 0 Å². The maximum absolute atomic E-state index is 11.2. The van der Waals surface area contributed by atoms with E-state index in [1.54, 1.807) is 0 Å². The molecular weight excluding hydrogens is 328 g/mol. The Hall–Kier alpha value is -1.44. The predicted octanol–water partition coefficient (Wildman–Crippen LogP) is 2.19. The fourth-order valence-corrected chi connectivity index (χ4v) is 3.48. The average Bonchev–Trinajstić information content (AvgIpc) is 2.51. The molecule has 7 heteroatoms. The average molecular weight is 354 g/mol. The molecule has 1 aromatic rings. The molecule has 0 radical (unpaired) electrons. The number of hydrogen-bond acceptors (Lipinski definition) is 5. The molecule has 6 nitrogen and oxygen atoms in total. The van der Waals surface area contributed by atoms with Gasteiger partial charge in [0.2, 0.25) is 5.91 Å². The molecule has 2 rings (SSSR count). The van der Waals surface area contributed by atoms with E-state index in [-0.39, 0.29) is 12.5 Å². The van der Waals surface area contributed by atoms with Crippen LogP contribution in [-0.4, -0.2) is 51.7 Å². The van der Waals surface area contributed by atoms with Crippen LogP contribution in [0.5, 0.6) is 0 Å². The Morgan fingerprint density at radius 3 is 2.67 bits per heavy atom. The fourth-order valence-electron chi connectivity index (χ4n) is 3.06. The van der Waals surface area contributed by atoms with Gasteiger partial charge in [0.15, 0.2) is 0 Å². The van der Waals surface area contributed by atoms with Crippen molar-refractivity contribution in [3.8, 4) is 0 Å². The molecule has 1 fully saturated rings. The standard InChI is InChI=1S/C17H26N2O4S/c1-14(20)18-17-6-3-5-16(13-17)15-7-10-19(11-8-15)9-4-12-23-24(2,21)22/h3,5-6,13,15H,4,7-12H2,1-2H3,(H,18,20). The highest BCUT2D eigenvalue weighted by Gasteiger charge is 2.20. The summed E-state index contributed by atoms with van der Waals surface area (Å²) in [6, 6.07) is 8.06. The van der Waals surface area contributed by atoms with Gasteiger partial charge in [0, 0.05) is 19.2 Å². The fraction of sp³-hybridized carbons (Fsp3) is 0.588. The van der Waals surface area contributed by atoms with E-state index in [0.717, 1.165) is 50.8 Å². The highest BCUT2D eigenvalue weighted by molar-refractivity contribution is 7.85. The van der Waals surface area contributed by atoms with Gasteiger partial charge in [-0.25, -0.2) is 0 Å². The summed E-state index contributed by atoms with van der Waals surface area (Å²) in [6.45, 7) is 4.60. The first-order valence-electron chi connectivity index (χ1n) is 8.28. The number of likely N-dealkylation sites (tertiary alicyclic amines) is 1. The van der Waals surface area contributed by atoms with E-state index >= 15 is 0 Å². The Morgan fingerprint density at radius 1 is 1.33 bits per heavy atom. The Bertz CT molecular complexity index is 652. The van der Waals surface area contributed by atoms with Gasteiger partial charge in [-0.1, -0.05) is 12.1 Å². The molecule has 0 saturated carbocycles. The minimum absolute atomic E-state index is 0.0571. The van der Waals surface area contributed by atoms with Crippen LogP contribution in [0.25, 0.3) is 0 Å². The van der Waals surface area contributed by atoms with Crippen molar-refractivity contribution in [2.75, 3.05) is 37.8 Å². The third kappa shape index (κ3) is 6.59. The van der Waals surface area contributed by atoms with Crippen molar-refractivity contribution in [1.82, 2.24) is 4.90 Å². The second-order valence-corrected chi connectivity index (χ2v) is 7.95. The molecule has 134 valence electrons. The Balaban J connectivity index is 1.77. The third-order valence-electron chi connectivity index (χ3n) is 4.18. The molecule has 0 bridgehead atoms. The first-order chi connectivity index (χ1) is 11.3. The van der Waals surface area contributed by atoms with Crippen LogP contribution in [0.3, 0.4) is 0 Å². The Kier molecular flexibility index (Phi) is 6.77. The van der Waals surface area contributed by atoms with E-state index in [1.165, 1.54) is 12.5 Å². The van der Waals surface area contributed by atoms with Gasteiger partial charge >= 0.3 is 0 Å². The number of piperidine rings is 1. The van der Waals surface area contributed by atoms with E-state index in [2.05, 4.69) is 22.3 Å². The van der Waals surface area contributed by atoms with Crippen LogP contribution in [-0.2, 0) is 19.1 Å². The summed E-state index contributed by atoms with van der Waals surface area (Å²) in [6.07, 6.45) is 3.93. The zero-order chi connectivity index (χ0) is 17.6. The van der Waals surface area contributed by atoms with Crippen LogP contribution in [0.1, 0.15) is 37.7 Å². The number of nitrogens with one attached hydrogen (secondary N) is 1. The third-order valence-corrected chi connectivity index (χ3v) is 4.78. The topological polar surface area (TPSA) is 75.7 Å². The zero-order valence-electron chi connectivity index (χ0n) is 14.3. The van der Waals surface area contributed by atoms with Crippen molar-refractivity contribution in [3.63, 3.8) is 0 Å². The first-order valence-corrected chi connectivity index (χ1v) is 10.1. The second kappa shape index (κ2) is 8.60. The molecule has 0 spiro atoms. The summed E-state index contributed by atoms with van der Waals surface area (Å²) >= 11 is 0. The van der Waals surface area contributed by atoms with Crippen molar-refractivity contribution >= 4 is 21.7 Å². The lowest BCUT2D eigenvalue weighted by atomic mass is 9.89. The highest BCUT2D eigenvalue weighted by Crippen LogP contribution is 2.29. The monoisotopic (exact) mass is 354 g/mol. The summed E-state index contributed by atoms with van der Waals surface area (Å²) < 4.78 is 26.6. The minimum atomic E-state index is -3.33. The van der Waals surface area contributed by atoms with Gasteiger partial charge in [0.05, 0.1) is 12.9 Å². The number of carbonyl (C=O) groups excluding carboxylic acids is 1. The molecule has 1 aliphatic heterocycles. The molecule has 24 heavy (non-hydrogen) atoms. The molecule has 0 aliphatic carbocycles. The maximum atomic E-state index is 11.2. The normalized spacial score (nSPS) is 16.9. The number of benzene rings is 1. The highest BCUT2D eigenvalue weighted by atomic mass is 32.2. The van der Waals surface area contributed by atoms with Crippen LogP contribution in [0.15, 0.2) is 24.3 Å². The largest absolute Gasteiger partial charge is 0.326 e. The molecule has 0 atom stereocenters. The number of rotatable bonds is 7. The molecule has 0 unspecified atom stereocenters. The quantitative estimate of drug-likeness (QED) is 0.600. The molecule has 1 amide bonds. The molecule has 1 heterocycles. The Labute approximate surface area is 144 Å². The zero-order valence-corrected chi connectivity index (χ0v) is 15.1. The van der Waals surface area contributed by atoms with Gasteiger partial charge in [-0.3, -0.25) is 8.98 Å². The number of carbonyl (C=O) groups is 1. The van der Waals surface area contributed by atoms with Gasteiger partial charge in [0.25, 0.3) is 10.1 Å². The van der Waals surface area contributed by atoms with Crippen LogP contribution in [0.4, 0.5) is 5.69 Å². The maximum Gasteiger partial charge on any atom is 0.264 e. The van der Waals surface area contributed by atoms with Crippen LogP contribution < -0.4 is 5.32 Å². The first kappa shape index (κ1) is 18.9. The molecule has 1 N–H and O–H groups in total. The summed E-state index contributed by atoms with van der Waals surface area (Å²) in [5.41, 5.74) is 2.11. The predicted molar refractivity (Wildman–Crippen MR) is 94.6 cm³/mol. The van der Waals surface area contributed by atoms with Crippen LogP contribution in [0, 0.1) is 0 Å². The van der Waals surface area contributed by atoms with Crippen molar-refractivity contribution in [2.24, 2.45) is 0 Å². The molecular formula is C17H26N2O4S. The smallest absolute Gasteiger partial charge is 0.264 e. The van der Waals surface area contributed by atoms with Crippen molar-refractivity contribution in [3.05, 3.63) is 29.8 Å².